The Morgan fingerprint density at radius 3 is 2.50 bits per heavy atom. The summed E-state index contributed by atoms with van der Waals surface area (Å²) in [6.45, 7) is 2.53. The van der Waals surface area contributed by atoms with Crippen molar-refractivity contribution in [2.75, 3.05) is 13.1 Å². The summed E-state index contributed by atoms with van der Waals surface area (Å²) >= 11 is 0. The summed E-state index contributed by atoms with van der Waals surface area (Å²) in [5.74, 6) is -0.656. The van der Waals surface area contributed by atoms with Crippen molar-refractivity contribution in [3.05, 3.63) is 29.6 Å². The van der Waals surface area contributed by atoms with E-state index in [4.69, 9.17) is 0 Å². The number of aromatic nitrogens is 1. The van der Waals surface area contributed by atoms with Crippen LogP contribution in [-0.4, -0.2) is 40.8 Å². The van der Waals surface area contributed by atoms with Gasteiger partial charge >= 0.3 is 6.18 Å². The number of nitrogens with zero attached hydrogens (tertiary/aromatic N) is 2. The first-order chi connectivity index (χ1) is 10.3. The molecular formula is C14H16F3N3O2. The van der Waals surface area contributed by atoms with Crippen LogP contribution in [0, 0.1) is 0 Å². The van der Waals surface area contributed by atoms with Gasteiger partial charge in [0.05, 0.1) is 5.56 Å². The van der Waals surface area contributed by atoms with Gasteiger partial charge in [-0.3, -0.25) is 14.6 Å². The van der Waals surface area contributed by atoms with Crippen molar-refractivity contribution in [3.63, 3.8) is 0 Å². The minimum atomic E-state index is -4.51. The van der Waals surface area contributed by atoms with Crippen LogP contribution in [0.1, 0.15) is 35.8 Å². The highest BCUT2D eigenvalue weighted by Gasteiger charge is 2.31. The van der Waals surface area contributed by atoms with Crippen LogP contribution in [0.4, 0.5) is 13.2 Å². The van der Waals surface area contributed by atoms with Gasteiger partial charge in [-0.15, -0.1) is 0 Å². The summed E-state index contributed by atoms with van der Waals surface area (Å²) in [7, 11) is 0. The molecule has 22 heavy (non-hydrogen) atoms. The maximum absolute atomic E-state index is 12.6. The van der Waals surface area contributed by atoms with E-state index in [1.54, 1.807) is 4.90 Å². The van der Waals surface area contributed by atoms with E-state index in [2.05, 4.69) is 10.3 Å². The van der Waals surface area contributed by atoms with Crippen LogP contribution in [0.25, 0.3) is 0 Å². The second-order valence-electron chi connectivity index (χ2n) is 5.18. The summed E-state index contributed by atoms with van der Waals surface area (Å²) in [6.07, 6.45) is -2.39. The van der Waals surface area contributed by atoms with Crippen LogP contribution in [0.5, 0.6) is 0 Å². The number of halogens is 3. The van der Waals surface area contributed by atoms with E-state index < -0.39 is 17.6 Å². The van der Waals surface area contributed by atoms with Crippen molar-refractivity contribution in [3.8, 4) is 0 Å². The van der Waals surface area contributed by atoms with Crippen molar-refractivity contribution < 1.29 is 22.8 Å². The maximum Gasteiger partial charge on any atom is 0.416 e. The number of alkyl halides is 3. The first kappa shape index (κ1) is 16.3. The standard InChI is InChI=1S/C14H16F3N3O2/c1-9(21)20-6-3-11(4-7-20)19-13(22)12-8-10(2-5-18-12)14(15,16)17/h2,5,8,11H,3-4,6-7H2,1H3,(H,19,22). The summed E-state index contributed by atoms with van der Waals surface area (Å²) in [6, 6.07) is 1.39. The minimum absolute atomic E-state index is 0.0238. The molecule has 1 fully saturated rings. The first-order valence-electron chi connectivity index (χ1n) is 6.87. The Kier molecular flexibility index (Phi) is 4.68. The number of carbonyl (C=O) groups excluding carboxylic acids is 2. The normalized spacial score (nSPS) is 16.5. The molecule has 0 bridgehead atoms. The van der Waals surface area contributed by atoms with Gasteiger partial charge < -0.3 is 10.2 Å². The number of hydrogen-bond donors (Lipinski definition) is 1. The Balaban J connectivity index is 1.97. The topological polar surface area (TPSA) is 62.3 Å². The molecule has 0 aliphatic carbocycles. The van der Waals surface area contributed by atoms with Crippen molar-refractivity contribution >= 4 is 11.8 Å². The Morgan fingerprint density at radius 2 is 1.95 bits per heavy atom. The number of rotatable bonds is 2. The lowest BCUT2D eigenvalue weighted by Gasteiger charge is -2.31. The Bertz CT molecular complexity index is 567. The number of nitrogens with one attached hydrogen (secondary N) is 1. The van der Waals surface area contributed by atoms with E-state index in [1.165, 1.54) is 6.92 Å². The molecule has 2 heterocycles. The molecule has 1 aliphatic heterocycles. The molecule has 1 aromatic rings. The Hall–Kier alpha value is -2.12. The van der Waals surface area contributed by atoms with E-state index >= 15 is 0 Å². The molecule has 0 unspecified atom stereocenters. The van der Waals surface area contributed by atoms with Crippen LogP contribution in [-0.2, 0) is 11.0 Å². The monoisotopic (exact) mass is 315 g/mol. The third-order valence-electron chi connectivity index (χ3n) is 3.60. The van der Waals surface area contributed by atoms with E-state index in [0.29, 0.717) is 25.9 Å². The van der Waals surface area contributed by atoms with Crippen molar-refractivity contribution in [2.45, 2.75) is 32.0 Å². The number of likely N-dealkylation sites (tertiary alicyclic amines) is 1. The van der Waals surface area contributed by atoms with Gasteiger partial charge in [-0.25, -0.2) is 0 Å². The number of hydrogen-bond acceptors (Lipinski definition) is 3. The summed E-state index contributed by atoms with van der Waals surface area (Å²) < 4.78 is 37.8. The summed E-state index contributed by atoms with van der Waals surface area (Å²) in [5.41, 5.74) is -1.16. The molecule has 5 nitrogen and oxygen atoms in total. The van der Waals surface area contributed by atoms with Crippen LogP contribution < -0.4 is 5.32 Å². The third-order valence-corrected chi connectivity index (χ3v) is 3.60. The van der Waals surface area contributed by atoms with Crippen molar-refractivity contribution in [1.29, 1.82) is 0 Å². The molecular weight excluding hydrogens is 299 g/mol. The predicted octanol–water partition coefficient (Wildman–Crippen LogP) is 1.84. The number of pyridine rings is 1. The van der Waals surface area contributed by atoms with Gasteiger partial charge in [0.15, 0.2) is 0 Å². The smallest absolute Gasteiger partial charge is 0.348 e. The highest BCUT2D eigenvalue weighted by Crippen LogP contribution is 2.29. The van der Waals surface area contributed by atoms with Crippen LogP contribution in [0.3, 0.4) is 0 Å². The fourth-order valence-corrected chi connectivity index (χ4v) is 2.33. The Labute approximate surface area is 125 Å². The van der Waals surface area contributed by atoms with E-state index in [-0.39, 0.29) is 17.6 Å². The predicted molar refractivity (Wildman–Crippen MR) is 72.0 cm³/mol. The van der Waals surface area contributed by atoms with E-state index in [1.807, 2.05) is 0 Å². The lowest BCUT2D eigenvalue weighted by Crippen LogP contribution is -2.46. The largest absolute Gasteiger partial charge is 0.416 e. The zero-order chi connectivity index (χ0) is 16.3. The van der Waals surface area contributed by atoms with Crippen LogP contribution >= 0.6 is 0 Å². The summed E-state index contributed by atoms with van der Waals surface area (Å²) in [4.78, 5) is 28.5. The van der Waals surface area contributed by atoms with E-state index in [0.717, 1.165) is 18.3 Å². The van der Waals surface area contributed by atoms with Crippen molar-refractivity contribution in [1.82, 2.24) is 15.2 Å². The number of carbonyl (C=O) groups is 2. The van der Waals surface area contributed by atoms with Gasteiger partial charge in [-0.1, -0.05) is 0 Å². The number of piperidine rings is 1. The molecule has 1 N–H and O–H groups in total. The van der Waals surface area contributed by atoms with Crippen LogP contribution in [0.2, 0.25) is 0 Å². The average molecular weight is 315 g/mol. The minimum Gasteiger partial charge on any atom is -0.348 e. The third kappa shape index (κ3) is 3.96. The molecule has 2 rings (SSSR count). The zero-order valence-corrected chi connectivity index (χ0v) is 12.0. The average Bonchev–Trinajstić information content (AvgIpc) is 2.47. The lowest BCUT2D eigenvalue weighted by atomic mass is 10.0. The van der Waals surface area contributed by atoms with Gasteiger partial charge in [0.2, 0.25) is 5.91 Å². The van der Waals surface area contributed by atoms with Crippen molar-refractivity contribution in [2.24, 2.45) is 0 Å². The van der Waals surface area contributed by atoms with Gasteiger partial charge in [0, 0.05) is 32.3 Å². The highest BCUT2D eigenvalue weighted by atomic mass is 19.4. The van der Waals surface area contributed by atoms with Gasteiger partial charge in [-0.2, -0.15) is 13.2 Å². The SMILES string of the molecule is CC(=O)N1CCC(NC(=O)c2cc(C(F)(F)F)ccn2)CC1. The second-order valence-corrected chi connectivity index (χ2v) is 5.18. The molecule has 120 valence electrons. The van der Waals surface area contributed by atoms with E-state index in [9.17, 15) is 22.8 Å². The molecule has 1 aromatic heterocycles. The second kappa shape index (κ2) is 6.33. The molecule has 1 aliphatic rings. The summed E-state index contributed by atoms with van der Waals surface area (Å²) in [5, 5.41) is 2.67. The fourth-order valence-electron chi connectivity index (χ4n) is 2.33. The van der Waals surface area contributed by atoms with Crippen LogP contribution in [0.15, 0.2) is 18.3 Å². The molecule has 0 spiro atoms. The van der Waals surface area contributed by atoms with Gasteiger partial charge in [-0.05, 0) is 25.0 Å². The molecule has 0 aromatic carbocycles. The lowest BCUT2D eigenvalue weighted by molar-refractivity contribution is -0.137. The molecule has 8 heteroatoms. The van der Waals surface area contributed by atoms with Gasteiger partial charge in [0.1, 0.15) is 5.69 Å². The molecule has 0 radical (unpaired) electrons. The molecule has 0 saturated carbocycles. The molecule has 0 atom stereocenters. The quantitative estimate of drug-likeness (QED) is 0.906. The maximum atomic E-state index is 12.6. The Morgan fingerprint density at radius 1 is 1.32 bits per heavy atom. The number of amides is 2. The molecule has 2 amide bonds. The highest BCUT2D eigenvalue weighted by molar-refractivity contribution is 5.92. The zero-order valence-electron chi connectivity index (χ0n) is 12.0. The van der Waals surface area contributed by atoms with Gasteiger partial charge in [0.25, 0.3) is 5.91 Å². The fraction of sp³-hybridized carbons (Fsp3) is 0.500. The molecule has 1 saturated heterocycles. The first-order valence-corrected chi connectivity index (χ1v) is 6.87.